The van der Waals surface area contributed by atoms with Crippen LogP contribution in [0.4, 0.5) is 11.1 Å². The summed E-state index contributed by atoms with van der Waals surface area (Å²) in [5.74, 6) is -3.78. The number of hydrogen-bond donors (Lipinski definition) is 7. The second-order valence-electron chi connectivity index (χ2n) is 10.6. The van der Waals surface area contributed by atoms with E-state index >= 15 is 0 Å². The van der Waals surface area contributed by atoms with Gasteiger partial charge in [-0.1, -0.05) is 28.1 Å². The Bertz CT molecular complexity index is 1830. The van der Waals surface area contributed by atoms with E-state index in [1.807, 2.05) is 10.6 Å². The largest absolute Gasteiger partial charge is 0.478 e. The van der Waals surface area contributed by atoms with Crippen molar-refractivity contribution in [2.24, 2.45) is 5.16 Å². The lowest BCUT2D eigenvalue weighted by Gasteiger charge is -2.49. The third-order valence-corrected chi connectivity index (χ3v) is 9.85. The number of imidazole rings is 1. The van der Waals surface area contributed by atoms with Gasteiger partial charge in [-0.15, -0.1) is 11.8 Å². The van der Waals surface area contributed by atoms with Gasteiger partial charge < -0.3 is 42.3 Å². The zero-order valence-corrected chi connectivity index (χ0v) is 27.7. The third-order valence-electron chi connectivity index (χ3n) is 7.42. The lowest BCUT2D eigenvalue weighted by Crippen LogP contribution is -2.71. The van der Waals surface area contributed by atoms with Crippen LogP contribution in [0.2, 0.25) is 4.34 Å². The molecule has 9 N–H and O–H groups in total. The number of thioether (sulfide) groups is 1. The van der Waals surface area contributed by atoms with Crippen LogP contribution in [0, 0.1) is 0 Å². The van der Waals surface area contributed by atoms with Gasteiger partial charge in [0, 0.05) is 24.4 Å². The molecule has 18 nitrogen and oxygen atoms in total. The number of fused-ring (bicyclic) bond motifs is 2. The molecule has 0 aliphatic carbocycles. The van der Waals surface area contributed by atoms with Crippen LogP contribution in [0.25, 0.3) is 11.2 Å². The number of carboxylic acid groups (broad SMARTS) is 2. The standard InChI is InChI=1S/C27H31ClN10O8S2/c1-12(24(42)43)46-35-16(15-19(28)48-27(30)33-15)21(40)32-17-22(41)38-18(25(44)45)13(11-47-23(17)38)10-36-7-2-4-14-20(36)34-26(29)37(14)8-3-5-31-6-9-39/h2,4,7,12,17,23,29,31,39H,3,5-6,8-11H2,1H3,(H5,30,32,33,40,42,43,44,45)/p+1/t12-,17?,23?/m0/s1. The minimum absolute atomic E-state index is 0.00818. The van der Waals surface area contributed by atoms with Gasteiger partial charge in [-0.05, 0) is 37.0 Å². The van der Waals surface area contributed by atoms with Crippen LogP contribution >= 0.6 is 34.7 Å². The lowest BCUT2D eigenvalue weighted by atomic mass is 10.0. The number of nitrogens with one attached hydrogen (secondary N) is 2. The first kappa shape index (κ1) is 34.8. The van der Waals surface area contributed by atoms with Crippen molar-refractivity contribution in [2.45, 2.75) is 44.0 Å². The average Bonchev–Trinajstić information content (AvgIpc) is 3.56. The van der Waals surface area contributed by atoms with E-state index in [0.29, 0.717) is 36.8 Å². The van der Waals surface area contributed by atoms with Crippen LogP contribution in [0.15, 0.2) is 34.8 Å². The zero-order valence-electron chi connectivity index (χ0n) is 25.3. The molecular formula is C27H32ClN10O8S2+. The number of nitrogen functional groups attached to an aromatic ring is 2. The minimum atomic E-state index is -1.42. The predicted octanol–water partition coefficient (Wildman–Crippen LogP) is -0.797. The molecule has 0 saturated carbocycles. The van der Waals surface area contributed by atoms with E-state index in [1.165, 1.54) is 18.7 Å². The number of hydrogen-bond acceptors (Lipinski definition) is 14. The first-order valence-corrected chi connectivity index (χ1v) is 16.7. The van der Waals surface area contributed by atoms with Gasteiger partial charge in [-0.2, -0.15) is 0 Å². The molecular weight excluding hydrogens is 692 g/mol. The van der Waals surface area contributed by atoms with Gasteiger partial charge >= 0.3 is 23.5 Å². The van der Waals surface area contributed by atoms with Crippen molar-refractivity contribution in [3.63, 3.8) is 0 Å². The SMILES string of the molecule is C[C@H](ON=C(C(=O)NC1C(=O)N2C(C(=O)O)=C(C[n+]3cccc4c3nc(N)n4CCCNCCO)CSC12)c1nc(N)sc1Cl)C(=O)O. The number of rotatable bonds is 15. The van der Waals surface area contributed by atoms with E-state index in [0.717, 1.165) is 28.2 Å². The zero-order chi connectivity index (χ0) is 34.7. The molecule has 2 aliphatic rings. The molecule has 0 spiro atoms. The first-order valence-electron chi connectivity index (χ1n) is 14.5. The summed E-state index contributed by atoms with van der Waals surface area (Å²) in [6, 6.07) is 2.51. The van der Waals surface area contributed by atoms with E-state index in [2.05, 4.69) is 25.8 Å². The van der Waals surface area contributed by atoms with E-state index in [9.17, 15) is 24.3 Å². The summed E-state index contributed by atoms with van der Waals surface area (Å²) in [6.45, 7) is 3.07. The van der Waals surface area contributed by atoms with Crippen LogP contribution in [0.3, 0.4) is 0 Å². The number of nitrogens with zero attached hydrogens (tertiary/aromatic N) is 6. The highest BCUT2D eigenvalue weighted by atomic mass is 35.5. The van der Waals surface area contributed by atoms with Crippen LogP contribution < -0.4 is 26.7 Å². The average molecular weight is 724 g/mol. The van der Waals surface area contributed by atoms with Crippen LogP contribution in [0.5, 0.6) is 0 Å². The van der Waals surface area contributed by atoms with Crippen LogP contribution in [0.1, 0.15) is 19.0 Å². The summed E-state index contributed by atoms with van der Waals surface area (Å²) in [6.07, 6.45) is 1.06. The maximum Gasteiger partial charge on any atom is 0.352 e. The van der Waals surface area contributed by atoms with Crippen molar-refractivity contribution >= 4 is 86.4 Å². The summed E-state index contributed by atoms with van der Waals surface area (Å²) in [5, 5.41) is 36.9. The van der Waals surface area contributed by atoms with E-state index < -0.39 is 47.0 Å². The minimum Gasteiger partial charge on any atom is -0.478 e. The number of aryl methyl sites for hydroxylation is 1. The van der Waals surface area contributed by atoms with Gasteiger partial charge in [0.25, 0.3) is 11.8 Å². The monoisotopic (exact) mass is 723 g/mol. The van der Waals surface area contributed by atoms with Crippen LogP contribution in [-0.2, 0) is 37.1 Å². The fourth-order valence-electron chi connectivity index (χ4n) is 5.14. The van der Waals surface area contributed by atoms with Gasteiger partial charge in [0.15, 0.2) is 10.8 Å². The molecule has 2 aliphatic heterocycles. The molecule has 2 amide bonds. The molecule has 1 saturated heterocycles. The number of carboxylic acids is 2. The fourth-order valence-corrected chi connectivity index (χ4v) is 7.40. The highest BCUT2D eigenvalue weighted by Gasteiger charge is 2.54. The molecule has 0 radical (unpaired) electrons. The summed E-state index contributed by atoms with van der Waals surface area (Å²) in [5.41, 5.74) is 12.8. The van der Waals surface area contributed by atoms with E-state index in [1.54, 1.807) is 16.8 Å². The Morgan fingerprint density at radius 3 is 2.71 bits per heavy atom. The summed E-state index contributed by atoms with van der Waals surface area (Å²) in [7, 11) is 0. The Morgan fingerprint density at radius 2 is 2.04 bits per heavy atom. The quantitative estimate of drug-likeness (QED) is 0.0333. The van der Waals surface area contributed by atoms with Gasteiger partial charge in [0.05, 0.1) is 12.8 Å². The molecule has 1 fully saturated rings. The number of amides is 2. The van der Waals surface area contributed by atoms with Gasteiger partial charge in [0.2, 0.25) is 6.10 Å². The van der Waals surface area contributed by atoms with Gasteiger partial charge in [0.1, 0.15) is 39.2 Å². The lowest BCUT2D eigenvalue weighted by molar-refractivity contribution is -0.664. The summed E-state index contributed by atoms with van der Waals surface area (Å²) < 4.78 is 3.60. The fraction of sp³-hybridized carbons (Fsp3) is 0.407. The Balaban J connectivity index is 1.35. The second kappa shape index (κ2) is 14.7. The number of aliphatic carboxylic acids is 2. The number of anilines is 2. The third kappa shape index (κ3) is 7.02. The molecule has 21 heteroatoms. The van der Waals surface area contributed by atoms with Crippen molar-refractivity contribution in [1.29, 1.82) is 0 Å². The number of carbonyl (C=O) groups is 4. The molecule has 2 unspecified atom stereocenters. The number of thiazole rings is 1. The topological polar surface area (TPSA) is 264 Å². The maximum absolute atomic E-state index is 13.4. The van der Waals surface area contributed by atoms with Crippen molar-refractivity contribution < 1.29 is 43.9 Å². The molecule has 3 aromatic rings. The predicted molar refractivity (Wildman–Crippen MR) is 175 cm³/mol. The number of β-lactam (4-membered cyclic amide) rings is 1. The van der Waals surface area contributed by atoms with Crippen molar-refractivity contribution in [3.8, 4) is 0 Å². The molecule has 3 atom stereocenters. The Hall–Kier alpha value is -4.50. The smallest absolute Gasteiger partial charge is 0.352 e. The maximum atomic E-state index is 13.4. The number of aliphatic hydroxyl groups excluding tert-OH is 1. The molecule has 256 valence electrons. The van der Waals surface area contributed by atoms with E-state index in [-0.39, 0.29) is 39.8 Å². The number of nitrogens with two attached hydrogens (primary N) is 2. The van der Waals surface area contributed by atoms with Gasteiger partial charge in [-0.3, -0.25) is 19.1 Å². The Labute approximate surface area is 285 Å². The number of oxime groups is 1. The molecule has 5 heterocycles. The number of pyridine rings is 1. The number of halogens is 1. The number of carbonyl (C=O) groups excluding carboxylic acids is 2. The summed E-state index contributed by atoms with van der Waals surface area (Å²) in [4.78, 5) is 65.1. The first-order chi connectivity index (χ1) is 22.9. The highest BCUT2D eigenvalue weighted by Crippen LogP contribution is 2.40. The second-order valence-corrected chi connectivity index (χ2v) is 13.3. The van der Waals surface area contributed by atoms with Gasteiger partial charge in [-0.25, -0.2) is 19.1 Å². The van der Waals surface area contributed by atoms with Crippen molar-refractivity contribution in [2.75, 3.05) is 36.9 Å². The molecule has 0 bridgehead atoms. The Kier molecular flexibility index (Phi) is 10.7. The van der Waals surface area contributed by atoms with Crippen molar-refractivity contribution in [3.05, 3.63) is 39.6 Å². The highest BCUT2D eigenvalue weighted by molar-refractivity contribution is 8.00. The molecule has 48 heavy (non-hydrogen) atoms. The molecule has 5 rings (SSSR count). The number of aliphatic hydroxyl groups is 1. The van der Waals surface area contributed by atoms with Crippen LogP contribution in [-0.4, -0.2) is 107 Å². The number of aromatic nitrogens is 4. The van der Waals surface area contributed by atoms with E-state index in [4.69, 9.17) is 38.1 Å². The van der Waals surface area contributed by atoms with Crippen molar-refractivity contribution in [1.82, 2.24) is 30.1 Å². The Morgan fingerprint density at radius 1 is 1.27 bits per heavy atom. The molecule has 0 aromatic carbocycles. The normalized spacial score (nSPS) is 18.4. The summed E-state index contributed by atoms with van der Waals surface area (Å²) >= 11 is 8.28. The molecule has 3 aromatic heterocycles.